The lowest BCUT2D eigenvalue weighted by Gasteiger charge is -2.38. The summed E-state index contributed by atoms with van der Waals surface area (Å²) in [6.45, 7) is -0.608. The standard InChI is InChI=1S/C19H19FO5S2/c20-16-13(9-21)25-19(18(23)17(16)22)24-12-5-6-26-15(12)8-11-7-10-3-1-2-4-14(10)27-11/h1-7,13,16-19,21-23H,8-9H2. The Balaban J connectivity index is 1.51. The van der Waals surface area contributed by atoms with Crippen LogP contribution in [0, 0.1) is 0 Å². The second kappa shape index (κ2) is 7.83. The topological polar surface area (TPSA) is 79.2 Å². The monoisotopic (exact) mass is 410 g/mol. The third-order valence-electron chi connectivity index (χ3n) is 4.56. The molecule has 144 valence electrons. The van der Waals surface area contributed by atoms with Gasteiger partial charge in [-0.15, -0.1) is 22.7 Å². The predicted octanol–water partition coefficient (Wildman–Crippen LogP) is 2.71. The number of halogens is 1. The van der Waals surface area contributed by atoms with Crippen molar-refractivity contribution in [3.63, 3.8) is 0 Å². The summed E-state index contributed by atoms with van der Waals surface area (Å²) in [7, 11) is 0. The molecule has 0 radical (unpaired) electrons. The van der Waals surface area contributed by atoms with Crippen LogP contribution in [0.2, 0.25) is 0 Å². The van der Waals surface area contributed by atoms with Crippen LogP contribution in [0.4, 0.5) is 4.39 Å². The van der Waals surface area contributed by atoms with Crippen molar-refractivity contribution in [1.29, 1.82) is 0 Å². The maximum atomic E-state index is 13.9. The van der Waals surface area contributed by atoms with Gasteiger partial charge in [0.25, 0.3) is 0 Å². The smallest absolute Gasteiger partial charge is 0.229 e. The lowest BCUT2D eigenvalue weighted by Crippen LogP contribution is -2.58. The van der Waals surface area contributed by atoms with Crippen LogP contribution in [-0.2, 0) is 11.2 Å². The summed E-state index contributed by atoms with van der Waals surface area (Å²) in [5.74, 6) is 0.516. The molecule has 0 saturated carbocycles. The number of benzene rings is 1. The van der Waals surface area contributed by atoms with Gasteiger partial charge in [-0.3, -0.25) is 0 Å². The molecule has 3 heterocycles. The van der Waals surface area contributed by atoms with Gasteiger partial charge in [-0.1, -0.05) is 18.2 Å². The van der Waals surface area contributed by atoms with Crippen LogP contribution >= 0.6 is 22.7 Å². The van der Waals surface area contributed by atoms with Crippen LogP contribution in [0.25, 0.3) is 10.1 Å². The maximum absolute atomic E-state index is 13.9. The van der Waals surface area contributed by atoms with Crippen LogP contribution in [0.3, 0.4) is 0 Å². The van der Waals surface area contributed by atoms with Crippen molar-refractivity contribution >= 4 is 32.8 Å². The molecule has 0 aliphatic carbocycles. The lowest BCUT2D eigenvalue weighted by molar-refractivity contribution is -0.265. The zero-order chi connectivity index (χ0) is 19.0. The van der Waals surface area contributed by atoms with Crippen molar-refractivity contribution in [2.75, 3.05) is 6.61 Å². The van der Waals surface area contributed by atoms with Crippen molar-refractivity contribution < 1.29 is 29.2 Å². The molecule has 0 amide bonds. The minimum atomic E-state index is -1.87. The second-order valence-corrected chi connectivity index (χ2v) is 8.57. The number of ether oxygens (including phenoxy) is 2. The molecule has 27 heavy (non-hydrogen) atoms. The summed E-state index contributed by atoms with van der Waals surface area (Å²) >= 11 is 3.21. The molecule has 0 bridgehead atoms. The summed E-state index contributed by atoms with van der Waals surface area (Å²) in [6, 6.07) is 12.0. The Morgan fingerprint density at radius 2 is 1.96 bits per heavy atom. The summed E-state index contributed by atoms with van der Waals surface area (Å²) < 4.78 is 26.1. The van der Waals surface area contributed by atoms with E-state index >= 15 is 0 Å². The van der Waals surface area contributed by atoms with E-state index in [1.54, 1.807) is 17.4 Å². The maximum Gasteiger partial charge on any atom is 0.229 e. The molecule has 5 nitrogen and oxygen atoms in total. The average Bonchev–Trinajstić information content (AvgIpc) is 3.28. The van der Waals surface area contributed by atoms with Crippen LogP contribution in [0.5, 0.6) is 5.75 Å². The Kier molecular flexibility index (Phi) is 5.45. The van der Waals surface area contributed by atoms with E-state index in [0.29, 0.717) is 12.2 Å². The molecule has 1 fully saturated rings. The number of alkyl halides is 1. The van der Waals surface area contributed by atoms with Crippen molar-refractivity contribution in [2.24, 2.45) is 0 Å². The minimum absolute atomic E-state index is 0.516. The molecule has 8 heteroatoms. The molecule has 1 aliphatic rings. The van der Waals surface area contributed by atoms with Gasteiger partial charge < -0.3 is 24.8 Å². The second-order valence-electron chi connectivity index (χ2n) is 6.40. The number of fused-ring (bicyclic) bond motifs is 1. The zero-order valence-corrected chi connectivity index (χ0v) is 15.8. The SMILES string of the molecule is OCC1OC(Oc2ccsc2Cc2cc3ccccc3s2)C(O)C(O)C1F. The summed E-state index contributed by atoms with van der Waals surface area (Å²) in [5, 5.41) is 32.2. The minimum Gasteiger partial charge on any atom is -0.461 e. The molecule has 5 unspecified atom stereocenters. The Labute approximate surface area is 163 Å². The first-order valence-electron chi connectivity index (χ1n) is 8.54. The first kappa shape index (κ1) is 18.8. The van der Waals surface area contributed by atoms with E-state index in [9.17, 15) is 19.7 Å². The molecule has 2 aromatic heterocycles. The highest BCUT2D eigenvalue weighted by Gasteiger charge is 2.46. The zero-order valence-electron chi connectivity index (χ0n) is 14.2. The van der Waals surface area contributed by atoms with E-state index in [1.165, 1.54) is 26.3 Å². The molecule has 3 aromatic rings. The third kappa shape index (κ3) is 3.73. The predicted molar refractivity (Wildman–Crippen MR) is 102 cm³/mol. The molecule has 3 N–H and O–H groups in total. The van der Waals surface area contributed by atoms with Crippen molar-refractivity contribution in [3.8, 4) is 5.75 Å². The van der Waals surface area contributed by atoms with Crippen LogP contribution in [-0.4, -0.2) is 52.7 Å². The van der Waals surface area contributed by atoms with Gasteiger partial charge in [0.05, 0.1) is 11.5 Å². The third-order valence-corrected chi connectivity index (χ3v) is 6.58. The average molecular weight is 410 g/mol. The van der Waals surface area contributed by atoms with E-state index in [0.717, 1.165) is 4.88 Å². The van der Waals surface area contributed by atoms with Crippen LogP contribution in [0.15, 0.2) is 41.8 Å². The van der Waals surface area contributed by atoms with E-state index < -0.39 is 37.4 Å². The number of hydrogen-bond donors (Lipinski definition) is 3. The van der Waals surface area contributed by atoms with Gasteiger partial charge in [0.15, 0.2) is 6.17 Å². The van der Waals surface area contributed by atoms with Gasteiger partial charge >= 0.3 is 0 Å². The van der Waals surface area contributed by atoms with Gasteiger partial charge in [-0.05, 0) is 29.0 Å². The van der Waals surface area contributed by atoms with E-state index in [1.807, 2.05) is 17.5 Å². The summed E-state index contributed by atoms with van der Waals surface area (Å²) in [4.78, 5) is 2.11. The summed E-state index contributed by atoms with van der Waals surface area (Å²) in [6.07, 6.45) is -6.92. The molecule has 1 aromatic carbocycles. The van der Waals surface area contributed by atoms with Crippen molar-refractivity contribution in [3.05, 3.63) is 51.5 Å². The highest BCUT2D eigenvalue weighted by atomic mass is 32.1. The van der Waals surface area contributed by atoms with Crippen LogP contribution in [0.1, 0.15) is 9.75 Å². The largest absolute Gasteiger partial charge is 0.461 e. The quantitative estimate of drug-likeness (QED) is 0.603. The highest BCUT2D eigenvalue weighted by molar-refractivity contribution is 7.19. The number of rotatable bonds is 5. The normalized spacial score (nSPS) is 28.5. The molecule has 1 saturated heterocycles. The molecule has 5 atom stereocenters. The molecule has 0 spiro atoms. The van der Waals surface area contributed by atoms with E-state index in [4.69, 9.17) is 9.47 Å². The number of hydrogen-bond acceptors (Lipinski definition) is 7. The lowest BCUT2D eigenvalue weighted by atomic mass is 10.0. The first-order valence-corrected chi connectivity index (χ1v) is 10.2. The molecular weight excluding hydrogens is 391 g/mol. The van der Waals surface area contributed by atoms with Gasteiger partial charge in [-0.25, -0.2) is 4.39 Å². The molecule has 1 aliphatic heterocycles. The Morgan fingerprint density at radius 1 is 1.15 bits per heavy atom. The van der Waals surface area contributed by atoms with Gasteiger partial charge in [-0.2, -0.15) is 0 Å². The number of aliphatic hydroxyl groups excluding tert-OH is 3. The number of thiophene rings is 2. The van der Waals surface area contributed by atoms with Gasteiger partial charge in [0.2, 0.25) is 6.29 Å². The van der Waals surface area contributed by atoms with Crippen LogP contribution < -0.4 is 4.74 Å². The molecular formula is C19H19FO5S2. The van der Waals surface area contributed by atoms with Gasteiger partial charge in [0, 0.05) is 16.0 Å². The van der Waals surface area contributed by atoms with Gasteiger partial charge in [0.1, 0.15) is 24.1 Å². The Bertz CT molecular complexity index is 875. The van der Waals surface area contributed by atoms with E-state index in [-0.39, 0.29) is 0 Å². The Morgan fingerprint density at radius 3 is 2.74 bits per heavy atom. The fraction of sp³-hybridized carbons (Fsp3) is 0.368. The number of aliphatic hydroxyl groups is 3. The van der Waals surface area contributed by atoms with E-state index in [2.05, 4.69) is 18.2 Å². The highest BCUT2D eigenvalue weighted by Crippen LogP contribution is 2.34. The Hall–Kier alpha value is -1.55. The fourth-order valence-corrected chi connectivity index (χ4v) is 5.10. The first-order chi connectivity index (χ1) is 13.1. The molecule has 4 rings (SSSR count). The van der Waals surface area contributed by atoms with Crippen molar-refractivity contribution in [1.82, 2.24) is 0 Å². The summed E-state index contributed by atoms with van der Waals surface area (Å²) in [5.41, 5.74) is 0. The van der Waals surface area contributed by atoms with Crippen molar-refractivity contribution in [2.45, 2.75) is 37.2 Å². The fourth-order valence-electron chi connectivity index (χ4n) is 3.11.